The first-order valence-corrected chi connectivity index (χ1v) is 3.60. The SMILES string of the molecule is COC(=O)NCCn1ccnc1. The Morgan fingerprint density at radius 2 is 2.58 bits per heavy atom. The lowest BCUT2D eigenvalue weighted by Crippen LogP contribution is -2.26. The molecule has 1 amide bonds. The summed E-state index contributed by atoms with van der Waals surface area (Å²) in [6.45, 7) is 1.25. The fraction of sp³-hybridized carbons (Fsp3) is 0.429. The van der Waals surface area contributed by atoms with Gasteiger partial charge in [-0.05, 0) is 0 Å². The largest absolute Gasteiger partial charge is 0.453 e. The molecule has 1 rings (SSSR count). The molecule has 1 aromatic rings. The zero-order valence-corrected chi connectivity index (χ0v) is 6.86. The number of aromatic nitrogens is 2. The van der Waals surface area contributed by atoms with Crippen LogP contribution in [0, 0.1) is 0 Å². The summed E-state index contributed by atoms with van der Waals surface area (Å²) in [5.41, 5.74) is 0. The van der Waals surface area contributed by atoms with Crippen molar-refractivity contribution in [2.45, 2.75) is 6.54 Å². The molecule has 0 aliphatic rings. The number of alkyl carbamates (subject to hydrolysis) is 1. The van der Waals surface area contributed by atoms with Crippen molar-refractivity contribution in [3.63, 3.8) is 0 Å². The molecule has 0 aromatic carbocycles. The Labute approximate surface area is 70.4 Å². The number of methoxy groups -OCH3 is 1. The number of carbonyl (C=O) groups excluding carboxylic acids is 1. The molecule has 0 fully saturated rings. The summed E-state index contributed by atoms with van der Waals surface area (Å²) in [6.07, 6.45) is 4.81. The van der Waals surface area contributed by atoms with Crippen molar-refractivity contribution >= 4 is 6.09 Å². The van der Waals surface area contributed by atoms with Crippen LogP contribution < -0.4 is 5.32 Å². The second-order valence-corrected chi connectivity index (χ2v) is 2.22. The van der Waals surface area contributed by atoms with Gasteiger partial charge in [0.1, 0.15) is 0 Å². The predicted molar refractivity (Wildman–Crippen MR) is 42.6 cm³/mol. The van der Waals surface area contributed by atoms with Crippen LogP contribution in [0.25, 0.3) is 0 Å². The second-order valence-electron chi connectivity index (χ2n) is 2.22. The van der Waals surface area contributed by atoms with Crippen LogP contribution in [-0.2, 0) is 11.3 Å². The summed E-state index contributed by atoms with van der Waals surface area (Å²) >= 11 is 0. The highest BCUT2D eigenvalue weighted by atomic mass is 16.5. The van der Waals surface area contributed by atoms with E-state index in [9.17, 15) is 4.79 Å². The first kappa shape index (κ1) is 8.58. The normalized spacial score (nSPS) is 9.42. The van der Waals surface area contributed by atoms with Crippen molar-refractivity contribution in [3.8, 4) is 0 Å². The van der Waals surface area contributed by atoms with E-state index >= 15 is 0 Å². The Kier molecular flexibility index (Phi) is 3.13. The van der Waals surface area contributed by atoms with Crippen molar-refractivity contribution in [1.82, 2.24) is 14.9 Å². The molecule has 0 aliphatic carbocycles. The van der Waals surface area contributed by atoms with Crippen LogP contribution in [0.3, 0.4) is 0 Å². The average Bonchev–Trinajstić information content (AvgIpc) is 2.57. The molecule has 66 valence electrons. The maximum Gasteiger partial charge on any atom is 0.406 e. The number of hydrogen-bond acceptors (Lipinski definition) is 3. The quantitative estimate of drug-likeness (QED) is 0.705. The Bertz CT molecular complexity index is 233. The number of imidazole rings is 1. The molecule has 1 N–H and O–H groups in total. The Balaban J connectivity index is 2.15. The van der Waals surface area contributed by atoms with E-state index in [0.29, 0.717) is 13.1 Å². The van der Waals surface area contributed by atoms with Crippen LogP contribution in [0.2, 0.25) is 0 Å². The second kappa shape index (κ2) is 4.38. The molecule has 1 aromatic heterocycles. The highest BCUT2D eigenvalue weighted by Crippen LogP contribution is 1.83. The predicted octanol–water partition coefficient (Wildman–Crippen LogP) is 0.239. The molecule has 0 saturated carbocycles. The van der Waals surface area contributed by atoms with Crippen molar-refractivity contribution in [2.24, 2.45) is 0 Å². The Morgan fingerprint density at radius 3 is 3.17 bits per heavy atom. The average molecular weight is 169 g/mol. The van der Waals surface area contributed by atoms with Crippen LogP contribution in [-0.4, -0.2) is 29.3 Å². The van der Waals surface area contributed by atoms with Gasteiger partial charge in [0.05, 0.1) is 13.4 Å². The van der Waals surface area contributed by atoms with Gasteiger partial charge in [-0.15, -0.1) is 0 Å². The minimum absolute atomic E-state index is 0.407. The molecule has 0 atom stereocenters. The van der Waals surface area contributed by atoms with Crippen LogP contribution in [0.5, 0.6) is 0 Å². The van der Waals surface area contributed by atoms with E-state index in [2.05, 4.69) is 15.0 Å². The van der Waals surface area contributed by atoms with Crippen molar-refractivity contribution in [3.05, 3.63) is 18.7 Å². The number of carbonyl (C=O) groups is 1. The zero-order valence-electron chi connectivity index (χ0n) is 6.86. The van der Waals surface area contributed by atoms with Gasteiger partial charge in [0.25, 0.3) is 0 Å². The number of rotatable bonds is 3. The summed E-state index contributed by atoms with van der Waals surface area (Å²) in [5.74, 6) is 0. The minimum atomic E-state index is -0.407. The fourth-order valence-corrected chi connectivity index (χ4v) is 0.778. The van der Waals surface area contributed by atoms with Gasteiger partial charge in [-0.2, -0.15) is 0 Å². The monoisotopic (exact) mass is 169 g/mol. The molecule has 5 heteroatoms. The summed E-state index contributed by atoms with van der Waals surface area (Å²) in [6, 6.07) is 0. The van der Waals surface area contributed by atoms with E-state index < -0.39 is 6.09 Å². The molecule has 0 spiro atoms. The Hall–Kier alpha value is -1.52. The summed E-state index contributed by atoms with van der Waals surface area (Å²) in [5, 5.41) is 2.56. The molecule has 5 nitrogen and oxygen atoms in total. The molecule has 0 saturated heterocycles. The summed E-state index contributed by atoms with van der Waals surface area (Å²) in [4.78, 5) is 14.4. The number of nitrogens with one attached hydrogen (secondary N) is 1. The third-order valence-electron chi connectivity index (χ3n) is 1.38. The molecule has 0 aliphatic heterocycles. The molecular weight excluding hydrogens is 158 g/mol. The van der Waals surface area contributed by atoms with Crippen LogP contribution >= 0.6 is 0 Å². The minimum Gasteiger partial charge on any atom is -0.453 e. The third-order valence-corrected chi connectivity index (χ3v) is 1.38. The van der Waals surface area contributed by atoms with E-state index in [1.54, 1.807) is 12.5 Å². The highest BCUT2D eigenvalue weighted by molar-refractivity contribution is 5.66. The van der Waals surface area contributed by atoms with Gasteiger partial charge >= 0.3 is 6.09 Å². The lowest BCUT2D eigenvalue weighted by atomic mass is 10.6. The smallest absolute Gasteiger partial charge is 0.406 e. The van der Waals surface area contributed by atoms with Gasteiger partial charge in [-0.3, -0.25) is 0 Å². The molecular formula is C7H11N3O2. The fourth-order valence-electron chi connectivity index (χ4n) is 0.778. The van der Waals surface area contributed by atoms with Gasteiger partial charge in [0, 0.05) is 25.5 Å². The van der Waals surface area contributed by atoms with Gasteiger partial charge in [-0.25, -0.2) is 9.78 Å². The third kappa shape index (κ3) is 2.61. The van der Waals surface area contributed by atoms with Gasteiger partial charge in [-0.1, -0.05) is 0 Å². The number of amides is 1. The van der Waals surface area contributed by atoms with Crippen LogP contribution in [0.1, 0.15) is 0 Å². The van der Waals surface area contributed by atoms with E-state index in [4.69, 9.17) is 0 Å². The van der Waals surface area contributed by atoms with Crippen molar-refractivity contribution in [1.29, 1.82) is 0 Å². The molecule has 12 heavy (non-hydrogen) atoms. The lowest BCUT2D eigenvalue weighted by Gasteiger charge is -2.03. The first-order chi connectivity index (χ1) is 5.83. The zero-order chi connectivity index (χ0) is 8.81. The van der Waals surface area contributed by atoms with Crippen molar-refractivity contribution < 1.29 is 9.53 Å². The highest BCUT2D eigenvalue weighted by Gasteiger charge is 1.95. The van der Waals surface area contributed by atoms with E-state index in [1.807, 2.05) is 10.8 Å². The van der Waals surface area contributed by atoms with Gasteiger partial charge in [0.2, 0.25) is 0 Å². The lowest BCUT2D eigenvalue weighted by molar-refractivity contribution is 0.170. The first-order valence-electron chi connectivity index (χ1n) is 3.60. The summed E-state index contributed by atoms with van der Waals surface area (Å²) < 4.78 is 6.27. The van der Waals surface area contributed by atoms with E-state index in [-0.39, 0.29) is 0 Å². The summed E-state index contributed by atoms with van der Waals surface area (Å²) in [7, 11) is 1.34. The van der Waals surface area contributed by atoms with E-state index in [0.717, 1.165) is 0 Å². The molecule has 0 unspecified atom stereocenters. The van der Waals surface area contributed by atoms with E-state index in [1.165, 1.54) is 7.11 Å². The van der Waals surface area contributed by atoms with Gasteiger partial charge in [0.15, 0.2) is 0 Å². The number of nitrogens with zero attached hydrogens (tertiary/aromatic N) is 2. The van der Waals surface area contributed by atoms with Crippen LogP contribution in [0.15, 0.2) is 18.7 Å². The van der Waals surface area contributed by atoms with Crippen LogP contribution in [0.4, 0.5) is 4.79 Å². The standard InChI is InChI=1S/C7H11N3O2/c1-12-7(11)9-3-5-10-4-2-8-6-10/h2,4,6H,3,5H2,1H3,(H,9,11). The van der Waals surface area contributed by atoms with Gasteiger partial charge < -0.3 is 14.6 Å². The topological polar surface area (TPSA) is 56.1 Å². The van der Waals surface area contributed by atoms with Crippen molar-refractivity contribution in [2.75, 3.05) is 13.7 Å². The maximum absolute atomic E-state index is 10.6. The maximum atomic E-state index is 10.6. The molecule has 0 radical (unpaired) electrons. The number of ether oxygens (including phenoxy) is 1. The number of hydrogen-bond donors (Lipinski definition) is 1. The Morgan fingerprint density at radius 1 is 1.75 bits per heavy atom. The molecule has 0 bridgehead atoms. The molecule has 1 heterocycles.